The van der Waals surface area contributed by atoms with E-state index in [1.165, 1.54) is 38.5 Å². The van der Waals surface area contributed by atoms with E-state index >= 15 is 0 Å². The molecule has 28 heavy (non-hydrogen) atoms. The quantitative estimate of drug-likeness (QED) is 0.749. The van der Waals surface area contributed by atoms with Crippen LogP contribution >= 0.6 is 0 Å². The molecule has 2 N–H and O–H groups in total. The minimum atomic E-state index is -0.186. The lowest BCUT2D eigenvalue weighted by Gasteiger charge is -2.57. The van der Waals surface area contributed by atoms with Crippen LogP contribution in [0, 0.1) is 17.8 Å². The summed E-state index contributed by atoms with van der Waals surface area (Å²) in [6.45, 7) is 10.4. The maximum Gasteiger partial charge on any atom is 0.234 e. The summed E-state index contributed by atoms with van der Waals surface area (Å²) in [4.78, 5) is 29.3. The Kier molecular flexibility index (Phi) is 5.47. The van der Waals surface area contributed by atoms with Crippen molar-refractivity contribution in [2.75, 3.05) is 39.3 Å². The first-order valence-corrected chi connectivity index (χ1v) is 11.2. The van der Waals surface area contributed by atoms with E-state index in [-0.39, 0.29) is 22.9 Å². The van der Waals surface area contributed by atoms with Gasteiger partial charge >= 0.3 is 0 Å². The third-order valence-corrected chi connectivity index (χ3v) is 7.16. The Bertz CT molecular complexity index is 569. The lowest BCUT2D eigenvalue weighted by Crippen LogP contribution is -2.61. The van der Waals surface area contributed by atoms with E-state index in [0.29, 0.717) is 13.1 Å². The fourth-order valence-corrected chi connectivity index (χ4v) is 6.57. The molecule has 4 saturated carbocycles. The van der Waals surface area contributed by atoms with Gasteiger partial charge in [-0.2, -0.15) is 0 Å². The molecule has 4 bridgehead atoms. The monoisotopic (exact) mass is 390 g/mol. The Morgan fingerprint density at radius 2 is 1.25 bits per heavy atom. The van der Waals surface area contributed by atoms with Crippen molar-refractivity contribution in [3.63, 3.8) is 0 Å². The van der Waals surface area contributed by atoms with Crippen molar-refractivity contribution >= 4 is 11.8 Å². The minimum Gasteiger partial charge on any atom is -0.350 e. The summed E-state index contributed by atoms with van der Waals surface area (Å²) in [5.41, 5.74) is -0.0764. The van der Waals surface area contributed by atoms with Crippen LogP contribution < -0.4 is 10.6 Å². The van der Waals surface area contributed by atoms with Gasteiger partial charge in [0.15, 0.2) is 0 Å². The lowest BCUT2D eigenvalue weighted by atomic mass is 9.53. The van der Waals surface area contributed by atoms with Gasteiger partial charge in [0.05, 0.1) is 13.1 Å². The number of amides is 2. The van der Waals surface area contributed by atoms with E-state index in [9.17, 15) is 9.59 Å². The Labute approximate surface area is 169 Å². The molecule has 0 aromatic heterocycles. The van der Waals surface area contributed by atoms with Gasteiger partial charge in [-0.3, -0.25) is 19.4 Å². The molecule has 0 radical (unpaired) electrons. The summed E-state index contributed by atoms with van der Waals surface area (Å²) in [5.74, 6) is 2.86. The molecule has 6 heteroatoms. The van der Waals surface area contributed by atoms with Crippen molar-refractivity contribution in [3.8, 4) is 0 Å². The molecule has 0 spiro atoms. The van der Waals surface area contributed by atoms with Crippen molar-refractivity contribution in [1.82, 2.24) is 20.4 Å². The van der Waals surface area contributed by atoms with Gasteiger partial charge < -0.3 is 10.6 Å². The Hall–Kier alpha value is -1.14. The molecule has 5 fully saturated rings. The van der Waals surface area contributed by atoms with Crippen LogP contribution in [0.4, 0.5) is 0 Å². The van der Waals surface area contributed by atoms with E-state index in [1.807, 2.05) is 20.8 Å². The summed E-state index contributed by atoms with van der Waals surface area (Å²) < 4.78 is 0. The van der Waals surface area contributed by atoms with Crippen LogP contribution in [0.5, 0.6) is 0 Å². The summed E-state index contributed by atoms with van der Waals surface area (Å²) >= 11 is 0. The number of piperazine rings is 1. The standard InChI is InChI=1S/C22H38N4O2/c1-21(2,3)23-19(27)14-25-4-6-26(7-5-25)15-20(28)24-22-11-16-8-17(12-22)10-18(9-16)13-22/h16-18H,4-15H2,1-3H3,(H,23,27)(H,24,28). The van der Waals surface area contributed by atoms with Gasteiger partial charge in [-0.15, -0.1) is 0 Å². The van der Waals surface area contributed by atoms with E-state index < -0.39 is 0 Å². The number of nitrogens with zero attached hydrogens (tertiary/aromatic N) is 2. The van der Waals surface area contributed by atoms with Crippen molar-refractivity contribution in [2.24, 2.45) is 17.8 Å². The molecule has 1 saturated heterocycles. The van der Waals surface area contributed by atoms with Crippen LogP contribution in [-0.2, 0) is 9.59 Å². The summed E-state index contributed by atoms with van der Waals surface area (Å²) in [7, 11) is 0. The smallest absolute Gasteiger partial charge is 0.234 e. The van der Waals surface area contributed by atoms with E-state index in [1.54, 1.807) is 0 Å². The van der Waals surface area contributed by atoms with Crippen molar-refractivity contribution in [2.45, 2.75) is 70.4 Å². The third-order valence-electron chi connectivity index (χ3n) is 7.16. The molecule has 5 aliphatic rings. The average Bonchev–Trinajstić information content (AvgIpc) is 2.53. The molecular weight excluding hydrogens is 352 g/mol. The zero-order valence-electron chi connectivity index (χ0n) is 17.9. The minimum absolute atomic E-state index is 0.0838. The fourth-order valence-electron chi connectivity index (χ4n) is 6.57. The Balaban J connectivity index is 1.20. The molecule has 6 nitrogen and oxygen atoms in total. The normalized spacial score (nSPS) is 35.8. The first-order valence-electron chi connectivity index (χ1n) is 11.2. The first kappa shape index (κ1) is 20.1. The first-order chi connectivity index (χ1) is 13.2. The zero-order chi connectivity index (χ0) is 19.9. The van der Waals surface area contributed by atoms with Crippen LogP contribution in [0.25, 0.3) is 0 Å². The van der Waals surface area contributed by atoms with Crippen LogP contribution in [-0.4, -0.2) is 72.0 Å². The van der Waals surface area contributed by atoms with Crippen molar-refractivity contribution in [1.29, 1.82) is 0 Å². The van der Waals surface area contributed by atoms with Crippen LogP contribution in [0.1, 0.15) is 59.3 Å². The SMILES string of the molecule is CC(C)(C)NC(=O)CN1CCN(CC(=O)NC23CC4CC(CC(C4)C2)C3)CC1. The van der Waals surface area contributed by atoms with Crippen LogP contribution in [0.2, 0.25) is 0 Å². The highest BCUT2D eigenvalue weighted by Crippen LogP contribution is 2.55. The Morgan fingerprint density at radius 1 is 0.821 bits per heavy atom. The van der Waals surface area contributed by atoms with Crippen LogP contribution in [0.15, 0.2) is 0 Å². The molecule has 1 aliphatic heterocycles. The van der Waals surface area contributed by atoms with Crippen molar-refractivity contribution in [3.05, 3.63) is 0 Å². The highest BCUT2D eigenvalue weighted by molar-refractivity contribution is 5.79. The second-order valence-corrected chi connectivity index (χ2v) is 11.1. The topological polar surface area (TPSA) is 64.7 Å². The summed E-state index contributed by atoms with van der Waals surface area (Å²) in [6, 6.07) is 0. The van der Waals surface area contributed by atoms with Gasteiger partial charge in [0.2, 0.25) is 11.8 Å². The Morgan fingerprint density at radius 3 is 1.68 bits per heavy atom. The predicted octanol–water partition coefficient (Wildman–Crippen LogP) is 1.60. The van der Waals surface area contributed by atoms with Gasteiger partial charge in [0.1, 0.15) is 0 Å². The van der Waals surface area contributed by atoms with Gasteiger partial charge in [0.25, 0.3) is 0 Å². The molecule has 0 unspecified atom stereocenters. The number of carbonyl (C=O) groups excluding carboxylic acids is 2. The zero-order valence-corrected chi connectivity index (χ0v) is 17.9. The largest absolute Gasteiger partial charge is 0.350 e. The molecular formula is C22H38N4O2. The molecule has 0 aromatic carbocycles. The third kappa shape index (κ3) is 4.88. The summed E-state index contributed by atoms with van der Waals surface area (Å²) in [5, 5.41) is 6.51. The lowest BCUT2D eigenvalue weighted by molar-refractivity contribution is -0.129. The predicted molar refractivity (Wildman–Crippen MR) is 110 cm³/mol. The van der Waals surface area contributed by atoms with E-state index in [2.05, 4.69) is 20.4 Å². The van der Waals surface area contributed by atoms with Gasteiger partial charge in [0, 0.05) is 37.3 Å². The molecule has 2 amide bonds. The van der Waals surface area contributed by atoms with Crippen molar-refractivity contribution < 1.29 is 9.59 Å². The molecule has 4 aliphatic carbocycles. The fraction of sp³-hybridized carbons (Fsp3) is 0.909. The molecule has 0 aromatic rings. The maximum atomic E-state index is 12.8. The molecule has 158 valence electrons. The highest BCUT2D eigenvalue weighted by Gasteiger charge is 2.51. The second-order valence-electron chi connectivity index (χ2n) is 11.1. The second kappa shape index (κ2) is 7.60. The number of rotatable bonds is 5. The maximum absolute atomic E-state index is 12.8. The number of nitrogens with one attached hydrogen (secondary N) is 2. The van der Waals surface area contributed by atoms with Gasteiger partial charge in [-0.25, -0.2) is 0 Å². The molecule has 0 atom stereocenters. The molecule has 1 heterocycles. The number of carbonyl (C=O) groups is 2. The number of hydrogen-bond donors (Lipinski definition) is 2. The average molecular weight is 391 g/mol. The van der Waals surface area contributed by atoms with Gasteiger partial charge in [-0.1, -0.05) is 0 Å². The van der Waals surface area contributed by atoms with Gasteiger partial charge in [-0.05, 0) is 77.0 Å². The van der Waals surface area contributed by atoms with E-state index in [4.69, 9.17) is 0 Å². The highest BCUT2D eigenvalue weighted by atomic mass is 16.2. The van der Waals surface area contributed by atoms with E-state index in [0.717, 1.165) is 43.9 Å². The van der Waals surface area contributed by atoms with Crippen LogP contribution in [0.3, 0.4) is 0 Å². The summed E-state index contributed by atoms with van der Waals surface area (Å²) in [6.07, 6.45) is 7.84. The number of hydrogen-bond acceptors (Lipinski definition) is 4. The molecule has 5 rings (SSSR count).